The highest BCUT2D eigenvalue weighted by Gasteiger charge is 2.36. The summed E-state index contributed by atoms with van der Waals surface area (Å²) in [7, 11) is 3.14. The molecule has 0 spiro atoms. The molecule has 2 aromatic carbocycles. The maximum atomic E-state index is 14.0. The van der Waals surface area contributed by atoms with E-state index in [1.54, 1.807) is 31.8 Å². The minimum absolute atomic E-state index is 0.202. The molecule has 3 aromatic rings. The van der Waals surface area contributed by atoms with Crippen LogP contribution in [-0.2, 0) is 9.53 Å². The molecular weight excluding hydrogens is 584 g/mol. The van der Waals surface area contributed by atoms with Crippen molar-refractivity contribution < 1.29 is 23.7 Å². The molecule has 0 fully saturated rings. The summed E-state index contributed by atoms with van der Waals surface area (Å²) >= 11 is 4.81. The van der Waals surface area contributed by atoms with Crippen LogP contribution in [0.2, 0.25) is 0 Å². The van der Waals surface area contributed by atoms with Crippen molar-refractivity contribution >= 4 is 39.3 Å². The zero-order valence-electron chi connectivity index (χ0n) is 22.6. The largest absolute Gasteiger partial charge is 0.496 e. The van der Waals surface area contributed by atoms with Gasteiger partial charge in [-0.3, -0.25) is 9.36 Å². The van der Waals surface area contributed by atoms with Crippen LogP contribution in [0.1, 0.15) is 50.8 Å². The molecule has 0 radical (unpaired) electrons. The van der Waals surface area contributed by atoms with E-state index in [0.29, 0.717) is 56.4 Å². The second-order valence-corrected chi connectivity index (χ2v) is 10.6. The van der Waals surface area contributed by atoms with Gasteiger partial charge in [0.2, 0.25) is 0 Å². The maximum Gasteiger partial charge on any atom is 0.338 e. The summed E-state index contributed by atoms with van der Waals surface area (Å²) in [6, 6.07) is 10.3. The fraction of sp³-hybridized carbons (Fsp3) is 0.345. The number of benzene rings is 2. The van der Waals surface area contributed by atoms with Gasteiger partial charge >= 0.3 is 5.97 Å². The highest BCUT2D eigenvalue weighted by Crippen LogP contribution is 2.38. The lowest BCUT2D eigenvalue weighted by Gasteiger charge is -2.27. The molecule has 2 heterocycles. The van der Waals surface area contributed by atoms with E-state index in [1.165, 1.54) is 11.3 Å². The predicted octanol–water partition coefficient (Wildman–Crippen LogP) is 4.76. The summed E-state index contributed by atoms with van der Waals surface area (Å²) in [5.74, 6) is 1.25. The standard InChI is InChI=1S/C29H31BrN2O6S/c1-6-9-20-25(28(34)38-8-3)26(19-16-18(30)11-13-21(19)35-4)32-27(33)24(39-29(32)31-20)15-17-10-12-22(37-7-2)23(14-17)36-5/h10-16,26H,6-9H2,1-5H3/b24-15+/t26-/m0/s1. The summed E-state index contributed by atoms with van der Waals surface area (Å²) in [5.41, 5.74) is 2.12. The van der Waals surface area contributed by atoms with Gasteiger partial charge in [0.25, 0.3) is 5.56 Å². The Morgan fingerprint density at radius 3 is 2.46 bits per heavy atom. The zero-order valence-corrected chi connectivity index (χ0v) is 25.0. The normalized spacial score (nSPS) is 15.0. The van der Waals surface area contributed by atoms with E-state index < -0.39 is 12.0 Å². The smallest absolute Gasteiger partial charge is 0.338 e. The number of carbonyl (C=O) groups is 1. The number of thiazole rings is 1. The molecule has 4 rings (SSSR count). The van der Waals surface area contributed by atoms with Crippen LogP contribution in [0.25, 0.3) is 6.08 Å². The van der Waals surface area contributed by atoms with Crippen LogP contribution in [0, 0.1) is 0 Å². The van der Waals surface area contributed by atoms with Gasteiger partial charge in [0.05, 0.1) is 43.2 Å². The predicted molar refractivity (Wildman–Crippen MR) is 154 cm³/mol. The van der Waals surface area contributed by atoms with Gasteiger partial charge in [-0.2, -0.15) is 0 Å². The second kappa shape index (κ2) is 12.7. The first-order chi connectivity index (χ1) is 18.9. The first kappa shape index (κ1) is 28.6. The third kappa shape index (κ3) is 5.81. The quantitative estimate of drug-likeness (QED) is 0.306. The van der Waals surface area contributed by atoms with E-state index in [9.17, 15) is 9.59 Å². The van der Waals surface area contributed by atoms with E-state index in [4.69, 9.17) is 23.9 Å². The van der Waals surface area contributed by atoms with E-state index in [-0.39, 0.29) is 12.2 Å². The number of rotatable bonds is 10. The van der Waals surface area contributed by atoms with E-state index >= 15 is 0 Å². The molecule has 0 unspecified atom stereocenters. The highest BCUT2D eigenvalue weighted by molar-refractivity contribution is 9.10. The Hall–Kier alpha value is -3.37. The molecule has 0 saturated carbocycles. The Labute approximate surface area is 239 Å². The fourth-order valence-electron chi connectivity index (χ4n) is 4.53. The van der Waals surface area contributed by atoms with Crippen LogP contribution in [0.5, 0.6) is 17.2 Å². The van der Waals surface area contributed by atoms with Crippen LogP contribution in [0.3, 0.4) is 0 Å². The number of nitrogens with zero attached hydrogens (tertiary/aromatic N) is 2. The van der Waals surface area contributed by atoms with Gasteiger partial charge in [0.15, 0.2) is 16.3 Å². The first-order valence-corrected chi connectivity index (χ1v) is 14.3. The lowest BCUT2D eigenvalue weighted by molar-refractivity contribution is -0.139. The third-order valence-corrected chi connectivity index (χ3v) is 7.64. The molecule has 1 aromatic heterocycles. The van der Waals surface area contributed by atoms with Gasteiger partial charge in [-0.15, -0.1) is 0 Å². The lowest BCUT2D eigenvalue weighted by atomic mass is 9.93. The van der Waals surface area contributed by atoms with Crippen LogP contribution >= 0.6 is 27.3 Å². The molecule has 0 N–H and O–H groups in total. The Morgan fingerprint density at radius 2 is 1.79 bits per heavy atom. The van der Waals surface area contributed by atoms with Gasteiger partial charge in [0, 0.05) is 10.0 Å². The van der Waals surface area contributed by atoms with Gasteiger partial charge < -0.3 is 18.9 Å². The fourth-order valence-corrected chi connectivity index (χ4v) is 5.93. The first-order valence-electron chi connectivity index (χ1n) is 12.7. The van der Waals surface area contributed by atoms with Crippen molar-refractivity contribution in [1.82, 2.24) is 4.57 Å². The van der Waals surface area contributed by atoms with Crippen LogP contribution in [0.15, 0.2) is 61.9 Å². The number of hydrogen-bond donors (Lipinski definition) is 0. The van der Waals surface area contributed by atoms with Gasteiger partial charge in [-0.1, -0.05) is 46.7 Å². The van der Waals surface area contributed by atoms with Crippen molar-refractivity contribution in [2.75, 3.05) is 27.4 Å². The van der Waals surface area contributed by atoms with Crippen molar-refractivity contribution in [3.05, 3.63) is 83.0 Å². The Kier molecular flexibility index (Phi) is 9.29. The van der Waals surface area contributed by atoms with Gasteiger partial charge in [-0.05, 0) is 62.2 Å². The number of esters is 1. The minimum atomic E-state index is -0.772. The van der Waals surface area contributed by atoms with Crippen molar-refractivity contribution in [3.8, 4) is 17.2 Å². The Bertz CT molecular complexity index is 1590. The molecule has 8 nitrogen and oxygen atoms in total. The number of methoxy groups -OCH3 is 2. The molecule has 0 saturated heterocycles. The Morgan fingerprint density at radius 1 is 1.05 bits per heavy atom. The molecule has 1 aliphatic rings. The average molecular weight is 616 g/mol. The number of aromatic nitrogens is 1. The van der Waals surface area contributed by atoms with Gasteiger partial charge in [-0.25, -0.2) is 9.79 Å². The number of carbonyl (C=O) groups excluding carboxylic acids is 1. The van der Waals surface area contributed by atoms with Crippen molar-refractivity contribution in [2.24, 2.45) is 4.99 Å². The Balaban J connectivity index is 2.00. The van der Waals surface area contributed by atoms with Crippen LogP contribution in [-0.4, -0.2) is 38.0 Å². The lowest BCUT2D eigenvalue weighted by Crippen LogP contribution is -2.40. The zero-order chi connectivity index (χ0) is 28.1. The molecular formula is C29H31BrN2O6S. The van der Waals surface area contributed by atoms with E-state index in [0.717, 1.165) is 16.5 Å². The van der Waals surface area contributed by atoms with E-state index in [1.807, 2.05) is 50.2 Å². The molecule has 1 atom stereocenters. The summed E-state index contributed by atoms with van der Waals surface area (Å²) < 4.78 is 25.1. The average Bonchev–Trinajstić information content (AvgIpc) is 3.23. The van der Waals surface area contributed by atoms with Gasteiger partial charge in [0.1, 0.15) is 11.8 Å². The SMILES string of the molecule is CCCC1=C(C(=O)OCC)[C@H](c2cc(Br)ccc2OC)n2c(s/c(=C/c3ccc(OCC)c(OC)c3)c2=O)=N1. The molecule has 206 valence electrons. The molecule has 0 bridgehead atoms. The van der Waals surface area contributed by atoms with Crippen LogP contribution < -0.4 is 29.1 Å². The number of fused-ring (bicyclic) bond motifs is 1. The van der Waals surface area contributed by atoms with E-state index in [2.05, 4.69) is 15.9 Å². The number of halogens is 1. The topological polar surface area (TPSA) is 88.4 Å². The van der Waals surface area contributed by atoms with Crippen molar-refractivity contribution in [3.63, 3.8) is 0 Å². The van der Waals surface area contributed by atoms with Crippen LogP contribution in [0.4, 0.5) is 0 Å². The summed E-state index contributed by atoms with van der Waals surface area (Å²) in [6.07, 6.45) is 3.12. The molecule has 0 amide bonds. The maximum absolute atomic E-state index is 14.0. The second-order valence-electron chi connectivity index (χ2n) is 8.64. The molecule has 39 heavy (non-hydrogen) atoms. The molecule has 10 heteroatoms. The highest BCUT2D eigenvalue weighted by atomic mass is 79.9. The number of hydrogen-bond acceptors (Lipinski definition) is 8. The summed E-state index contributed by atoms with van der Waals surface area (Å²) in [6.45, 7) is 6.40. The summed E-state index contributed by atoms with van der Waals surface area (Å²) in [5, 5.41) is 0. The minimum Gasteiger partial charge on any atom is -0.496 e. The summed E-state index contributed by atoms with van der Waals surface area (Å²) in [4.78, 5) is 32.7. The van der Waals surface area contributed by atoms with Crippen molar-refractivity contribution in [1.29, 1.82) is 0 Å². The van der Waals surface area contributed by atoms with Crippen molar-refractivity contribution in [2.45, 2.75) is 39.7 Å². The number of allylic oxidation sites excluding steroid dienone is 1. The monoisotopic (exact) mass is 614 g/mol. The molecule has 0 aliphatic carbocycles. The third-order valence-electron chi connectivity index (χ3n) is 6.16. The number of ether oxygens (including phenoxy) is 4. The molecule has 1 aliphatic heterocycles.